The van der Waals surface area contributed by atoms with Crippen LogP contribution in [0.25, 0.3) is 0 Å². The minimum Gasteiger partial charge on any atom is -0.496 e. The van der Waals surface area contributed by atoms with E-state index in [1.54, 1.807) is 18.2 Å². The Morgan fingerprint density at radius 3 is 2.37 bits per heavy atom. The Kier molecular flexibility index (Phi) is 8.25. The van der Waals surface area contributed by atoms with Gasteiger partial charge < -0.3 is 10.1 Å². The van der Waals surface area contributed by atoms with Crippen molar-refractivity contribution in [3.8, 4) is 5.75 Å². The summed E-state index contributed by atoms with van der Waals surface area (Å²) in [5, 5.41) is 2.74. The number of ketones is 1. The third kappa shape index (κ3) is 5.55. The van der Waals surface area contributed by atoms with E-state index in [0.29, 0.717) is 23.4 Å². The van der Waals surface area contributed by atoms with Crippen LogP contribution in [0.1, 0.15) is 50.9 Å². The van der Waals surface area contributed by atoms with Gasteiger partial charge in [-0.05, 0) is 31.5 Å². The average Bonchev–Trinajstić information content (AvgIpc) is 2.41. The first kappa shape index (κ1) is 17.2. The topological polar surface area (TPSA) is 55.4 Å². The molecule has 0 atom stereocenters. The number of Topliss-reactive ketones (excluding diaryl/α,β-unsaturated/α-hetero) is 1. The number of benzene rings is 1. The molecule has 0 saturated heterocycles. The number of hydrogen-bond donors (Lipinski definition) is 1. The quantitative estimate of drug-likeness (QED) is 0.826. The van der Waals surface area contributed by atoms with Gasteiger partial charge in [-0.3, -0.25) is 9.59 Å². The molecule has 1 aromatic carbocycles. The van der Waals surface area contributed by atoms with Crippen LogP contribution >= 0.6 is 0 Å². The number of amides is 1. The maximum absolute atomic E-state index is 11.4. The molecule has 0 aliphatic carbocycles. The van der Waals surface area contributed by atoms with Crippen molar-refractivity contribution in [3.63, 3.8) is 0 Å². The molecule has 1 rings (SSSR count). The van der Waals surface area contributed by atoms with Crippen LogP contribution in [0, 0.1) is 0 Å². The summed E-state index contributed by atoms with van der Waals surface area (Å²) in [6.07, 6.45) is 1.27. The highest BCUT2D eigenvalue weighted by molar-refractivity contribution is 5.99. The van der Waals surface area contributed by atoms with Gasteiger partial charge in [0.05, 0.1) is 12.7 Å². The summed E-state index contributed by atoms with van der Waals surface area (Å²) < 4.78 is 5.08. The van der Waals surface area contributed by atoms with E-state index in [2.05, 4.69) is 5.32 Å². The molecule has 0 spiro atoms. The van der Waals surface area contributed by atoms with E-state index in [1.165, 1.54) is 14.0 Å². The lowest BCUT2D eigenvalue weighted by Gasteiger charge is -2.09. The maximum Gasteiger partial charge on any atom is 0.224 e. The predicted molar refractivity (Wildman–Crippen MR) is 77.9 cm³/mol. The van der Waals surface area contributed by atoms with Crippen molar-refractivity contribution < 1.29 is 14.3 Å². The van der Waals surface area contributed by atoms with Gasteiger partial charge in [-0.2, -0.15) is 0 Å². The van der Waals surface area contributed by atoms with Crippen molar-refractivity contribution in [3.05, 3.63) is 23.8 Å². The fourth-order valence-corrected chi connectivity index (χ4v) is 1.51. The van der Waals surface area contributed by atoms with Crippen LogP contribution in [0.3, 0.4) is 0 Å². The number of hydrogen-bond acceptors (Lipinski definition) is 3. The second kappa shape index (κ2) is 9.14. The third-order valence-corrected chi connectivity index (χ3v) is 2.34. The van der Waals surface area contributed by atoms with Crippen molar-refractivity contribution in [2.24, 2.45) is 0 Å². The highest BCUT2D eigenvalue weighted by Crippen LogP contribution is 2.23. The summed E-state index contributed by atoms with van der Waals surface area (Å²) in [6, 6.07) is 5.03. The zero-order valence-corrected chi connectivity index (χ0v) is 12.4. The largest absolute Gasteiger partial charge is 0.496 e. The first-order chi connectivity index (χ1) is 9.08. The summed E-state index contributed by atoms with van der Waals surface area (Å²) in [4.78, 5) is 22.8. The fourth-order valence-electron chi connectivity index (χ4n) is 1.51. The van der Waals surface area contributed by atoms with Gasteiger partial charge in [0.25, 0.3) is 0 Å². The summed E-state index contributed by atoms with van der Waals surface area (Å²) >= 11 is 0. The smallest absolute Gasteiger partial charge is 0.224 e. The molecule has 0 aliphatic rings. The number of nitrogens with one attached hydrogen (secondary N) is 1. The average molecular weight is 265 g/mol. The number of methoxy groups -OCH3 is 1. The van der Waals surface area contributed by atoms with Crippen molar-refractivity contribution >= 4 is 17.4 Å². The second-order valence-corrected chi connectivity index (χ2v) is 3.77. The van der Waals surface area contributed by atoms with E-state index in [0.717, 1.165) is 6.42 Å². The summed E-state index contributed by atoms with van der Waals surface area (Å²) in [6.45, 7) is 7.41. The van der Waals surface area contributed by atoms with E-state index >= 15 is 0 Å². The number of anilines is 1. The Bertz CT molecular complexity index is 427. The lowest BCUT2D eigenvalue weighted by molar-refractivity contribution is -0.116. The van der Waals surface area contributed by atoms with Crippen molar-refractivity contribution in [1.29, 1.82) is 0 Å². The molecular weight excluding hydrogens is 242 g/mol. The number of ether oxygens (including phenoxy) is 1. The van der Waals surface area contributed by atoms with Crippen LogP contribution in [0.2, 0.25) is 0 Å². The van der Waals surface area contributed by atoms with Crippen LogP contribution < -0.4 is 10.1 Å². The van der Waals surface area contributed by atoms with E-state index in [9.17, 15) is 9.59 Å². The third-order valence-electron chi connectivity index (χ3n) is 2.34. The molecule has 1 N–H and O–H groups in total. The molecule has 0 aliphatic heterocycles. The second-order valence-electron chi connectivity index (χ2n) is 3.77. The number of carbonyl (C=O) groups excluding carboxylic acids is 2. The van der Waals surface area contributed by atoms with Gasteiger partial charge in [0, 0.05) is 12.1 Å². The van der Waals surface area contributed by atoms with Gasteiger partial charge in [0.2, 0.25) is 5.91 Å². The van der Waals surface area contributed by atoms with Crippen LogP contribution in [-0.4, -0.2) is 18.8 Å². The molecule has 1 aromatic rings. The van der Waals surface area contributed by atoms with Crippen molar-refractivity contribution in [2.45, 2.75) is 40.5 Å². The van der Waals surface area contributed by atoms with E-state index in [4.69, 9.17) is 4.74 Å². The molecule has 0 aromatic heterocycles. The monoisotopic (exact) mass is 265 g/mol. The SMILES string of the molecule is CC.CCCC(=O)Nc1ccc(OC)c(C(C)=O)c1. The highest BCUT2D eigenvalue weighted by Gasteiger charge is 2.10. The zero-order valence-electron chi connectivity index (χ0n) is 12.4. The van der Waals surface area contributed by atoms with Gasteiger partial charge in [0.15, 0.2) is 5.78 Å². The molecule has 1 amide bonds. The highest BCUT2D eigenvalue weighted by atomic mass is 16.5. The molecule has 0 saturated carbocycles. The summed E-state index contributed by atoms with van der Waals surface area (Å²) in [5.41, 5.74) is 1.09. The molecule has 0 heterocycles. The van der Waals surface area contributed by atoms with E-state index in [-0.39, 0.29) is 11.7 Å². The molecule has 4 heteroatoms. The minimum absolute atomic E-state index is 0.0489. The van der Waals surface area contributed by atoms with Crippen LogP contribution in [0.5, 0.6) is 5.75 Å². The van der Waals surface area contributed by atoms with Crippen molar-refractivity contribution in [1.82, 2.24) is 0 Å². The molecule has 19 heavy (non-hydrogen) atoms. The molecule has 106 valence electrons. The van der Waals surface area contributed by atoms with E-state index < -0.39 is 0 Å². The standard InChI is InChI=1S/C13H17NO3.C2H6/c1-4-5-13(16)14-10-6-7-12(17-3)11(8-10)9(2)15;1-2/h6-8H,4-5H2,1-3H3,(H,14,16);1-2H3. The Morgan fingerprint density at radius 1 is 1.26 bits per heavy atom. The summed E-state index contributed by atoms with van der Waals surface area (Å²) in [7, 11) is 1.51. The fraction of sp³-hybridized carbons (Fsp3) is 0.467. The van der Waals surface area contributed by atoms with E-state index in [1.807, 2.05) is 20.8 Å². The predicted octanol–water partition coefficient (Wildman–Crippen LogP) is 3.66. The van der Waals surface area contributed by atoms with Crippen molar-refractivity contribution in [2.75, 3.05) is 12.4 Å². The molecular formula is C15H23NO3. The number of carbonyl (C=O) groups is 2. The Balaban J connectivity index is 0.00000154. The normalized spacial score (nSPS) is 9.11. The molecule has 0 fully saturated rings. The molecule has 0 radical (unpaired) electrons. The first-order valence-electron chi connectivity index (χ1n) is 6.57. The molecule has 4 nitrogen and oxygen atoms in total. The van der Waals surface area contributed by atoms with Gasteiger partial charge in [-0.1, -0.05) is 20.8 Å². The molecule has 0 unspecified atom stereocenters. The van der Waals surface area contributed by atoms with Gasteiger partial charge in [0.1, 0.15) is 5.75 Å². The summed E-state index contributed by atoms with van der Waals surface area (Å²) in [5.74, 6) is 0.381. The van der Waals surface area contributed by atoms with Crippen LogP contribution in [0.15, 0.2) is 18.2 Å². The van der Waals surface area contributed by atoms with Gasteiger partial charge in [-0.15, -0.1) is 0 Å². The van der Waals surface area contributed by atoms with Gasteiger partial charge >= 0.3 is 0 Å². The number of rotatable bonds is 5. The maximum atomic E-state index is 11.4. The Hall–Kier alpha value is -1.84. The van der Waals surface area contributed by atoms with Crippen LogP contribution in [0.4, 0.5) is 5.69 Å². The minimum atomic E-state index is -0.0894. The molecule has 0 bridgehead atoms. The van der Waals surface area contributed by atoms with Crippen LogP contribution in [-0.2, 0) is 4.79 Å². The zero-order chi connectivity index (χ0) is 14.8. The Morgan fingerprint density at radius 2 is 1.89 bits per heavy atom. The Labute approximate surface area is 115 Å². The first-order valence-corrected chi connectivity index (χ1v) is 6.57. The lowest BCUT2D eigenvalue weighted by Crippen LogP contribution is -2.11. The van der Waals surface area contributed by atoms with Gasteiger partial charge in [-0.25, -0.2) is 0 Å². The lowest BCUT2D eigenvalue weighted by atomic mass is 10.1.